The summed E-state index contributed by atoms with van der Waals surface area (Å²) in [6, 6.07) is 1.94. The lowest BCUT2D eigenvalue weighted by Crippen LogP contribution is -2.13. The predicted molar refractivity (Wildman–Crippen MR) is 88.8 cm³/mol. The smallest absolute Gasteiger partial charge is 0.342 e. The number of carbonyl (C=O) groups excluding carboxylic acids is 1. The summed E-state index contributed by atoms with van der Waals surface area (Å²) in [7, 11) is 3.48. The topological polar surface area (TPSA) is 79.1 Å². The summed E-state index contributed by atoms with van der Waals surface area (Å²) in [6.07, 6.45) is 6.20. The lowest BCUT2D eigenvalue weighted by molar-refractivity contribution is 0.0378. The van der Waals surface area contributed by atoms with Crippen LogP contribution in [0, 0.1) is 0 Å². The van der Waals surface area contributed by atoms with Crippen LogP contribution in [0.1, 0.15) is 24.2 Å². The van der Waals surface area contributed by atoms with Gasteiger partial charge in [-0.15, -0.1) is 0 Å². The van der Waals surface area contributed by atoms with Crippen LogP contribution in [-0.2, 0) is 11.8 Å². The second-order valence-electron chi connectivity index (χ2n) is 5.61. The normalized spacial score (nSPS) is 11.0. The summed E-state index contributed by atoms with van der Waals surface area (Å²) in [5.41, 5.74) is 2.35. The van der Waals surface area contributed by atoms with Crippen molar-refractivity contribution in [2.75, 3.05) is 7.11 Å². The third-order valence-electron chi connectivity index (χ3n) is 3.60. The van der Waals surface area contributed by atoms with Crippen LogP contribution >= 0.6 is 0 Å². The van der Waals surface area contributed by atoms with Crippen LogP contribution in [0.2, 0.25) is 0 Å². The molecule has 0 aromatic carbocycles. The van der Waals surface area contributed by atoms with Crippen LogP contribution in [-0.4, -0.2) is 38.7 Å². The van der Waals surface area contributed by atoms with Gasteiger partial charge in [0.1, 0.15) is 17.4 Å². The van der Waals surface area contributed by atoms with E-state index in [1.165, 1.54) is 12.5 Å². The van der Waals surface area contributed by atoms with Crippen molar-refractivity contribution in [3.63, 3.8) is 0 Å². The van der Waals surface area contributed by atoms with Crippen LogP contribution in [0.15, 0.2) is 31.0 Å². The van der Waals surface area contributed by atoms with E-state index in [2.05, 4.69) is 15.0 Å². The summed E-state index contributed by atoms with van der Waals surface area (Å²) < 4.78 is 12.5. The number of methoxy groups -OCH3 is 1. The standard InChI is InChI=1S/C17H18N4O3/c1-10(2)24-17(22)13-7-18-9-20-14(13)12-8-19-16(23-4)15-11(12)5-6-21(15)3/h5-10H,1-4H3. The Bertz CT molecular complexity index is 902. The van der Waals surface area contributed by atoms with Crippen LogP contribution in [0.25, 0.3) is 22.2 Å². The second-order valence-corrected chi connectivity index (χ2v) is 5.61. The van der Waals surface area contributed by atoms with Crippen LogP contribution in [0.4, 0.5) is 0 Å². The Kier molecular flexibility index (Phi) is 4.16. The molecule has 0 saturated carbocycles. The number of esters is 1. The molecule has 0 saturated heterocycles. The van der Waals surface area contributed by atoms with Gasteiger partial charge in [0, 0.05) is 36.6 Å². The number of aromatic nitrogens is 4. The molecule has 0 amide bonds. The molecular weight excluding hydrogens is 308 g/mol. The average molecular weight is 326 g/mol. The predicted octanol–water partition coefficient (Wildman–Crippen LogP) is 2.60. The maximum absolute atomic E-state index is 12.4. The molecule has 0 aliphatic heterocycles. The monoisotopic (exact) mass is 326 g/mol. The fourth-order valence-electron chi connectivity index (χ4n) is 2.58. The summed E-state index contributed by atoms with van der Waals surface area (Å²) >= 11 is 0. The lowest BCUT2D eigenvalue weighted by atomic mass is 10.1. The first kappa shape index (κ1) is 15.9. The zero-order valence-corrected chi connectivity index (χ0v) is 14.0. The van der Waals surface area contributed by atoms with E-state index in [-0.39, 0.29) is 6.10 Å². The molecule has 0 radical (unpaired) electrons. The highest BCUT2D eigenvalue weighted by Crippen LogP contribution is 2.33. The minimum Gasteiger partial charge on any atom is -0.479 e. The van der Waals surface area contributed by atoms with Crippen molar-refractivity contribution in [2.45, 2.75) is 20.0 Å². The SMILES string of the molecule is COc1ncc(-c2ncncc2C(=O)OC(C)C)c2ccn(C)c12. The largest absolute Gasteiger partial charge is 0.479 e. The molecule has 0 fully saturated rings. The molecule has 0 aliphatic carbocycles. The van der Waals surface area contributed by atoms with Gasteiger partial charge in [-0.25, -0.2) is 19.7 Å². The molecule has 24 heavy (non-hydrogen) atoms. The summed E-state index contributed by atoms with van der Waals surface area (Å²) in [4.78, 5) is 24.9. The molecular formula is C17H18N4O3. The number of carbonyl (C=O) groups is 1. The molecule has 0 aliphatic rings. The van der Waals surface area contributed by atoms with E-state index in [9.17, 15) is 4.79 Å². The Hall–Kier alpha value is -2.96. The van der Waals surface area contributed by atoms with E-state index in [0.717, 1.165) is 16.5 Å². The highest BCUT2D eigenvalue weighted by molar-refractivity contribution is 6.03. The Morgan fingerprint density at radius 1 is 1.25 bits per heavy atom. The minimum atomic E-state index is -0.458. The first-order valence-electron chi connectivity index (χ1n) is 7.52. The van der Waals surface area contributed by atoms with E-state index < -0.39 is 5.97 Å². The molecule has 3 aromatic heterocycles. The summed E-state index contributed by atoms with van der Waals surface area (Å²) in [5, 5.41) is 0.890. The number of nitrogens with zero attached hydrogens (tertiary/aromatic N) is 4. The van der Waals surface area contributed by atoms with Crippen molar-refractivity contribution >= 4 is 16.9 Å². The second kappa shape index (κ2) is 6.27. The first-order chi connectivity index (χ1) is 11.5. The summed E-state index contributed by atoms with van der Waals surface area (Å²) in [5.74, 6) is 0.0575. The Morgan fingerprint density at radius 3 is 2.75 bits per heavy atom. The molecule has 7 heteroatoms. The Labute approximate surface area is 139 Å². The van der Waals surface area contributed by atoms with Crippen LogP contribution in [0.5, 0.6) is 5.88 Å². The zero-order chi connectivity index (χ0) is 17.3. The molecule has 0 atom stereocenters. The lowest BCUT2D eigenvalue weighted by Gasteiger charge is -2.12. The van der Waals surface area contributed by atoms with Crippen molar-refractivity contribution in [2.24, 2.45) is 7.05 Å². The molecule has 3 rings (SSSR count). The van der Waals surface area contributed by atoms with E-state index in [0.29, 0.717) is 17.1 Å². The molecule has 3 heterocycles. The van der Waals surface area contributed by atoms with Gasteiger partial charge in [-0.3, -0.25) is 0 Å². The molecule has 0 spiro atoms. The Balaban J connectivity index is 2.21. The van der Waals surface area contributed by atoms with Crippen molar-refractivity contribution in [1.82, 2.24) is 19.5 Å². The zero-order valence-electron chi connectivity index (χ0n) is 14.0. The highest BCUT2D eigenvalue weighted by Gasteiger charge is 2.21. The number of rotatable bonds is 4. The number of hydrogen-bond donors (Lipinski definition) is 0. The van der Waals surface area contributed by atoms with Gasteiger partial charge in [-0.2, -0.15) is 0 Å². The fraction of sp³-hybridized carbons (Fsp3) is 0.294. The Morgan fingerprint density at radius 2 is 2.04 bits per heavy atom. The summed E-state index contributed by atoms with van der Waals surface area (Å²) in [6.45, 7) is 3.59. The van der Waals surface area contributed by atoms with Gasteiger partial charge in [-0.1, -0.05) is 0 Å². The first-order valence-corrected chi connectivity index (χ1v) is 7.52. The number of pyridine rings is 1. The number of hydrogen-bond acceptors (Lipinski definition) is 6. The van der Waals surface area contributed by atoms with Crippen molar-refractivity contribution in [3.8, 4) is 17.1 Å². The third kappa shape index (κ3) is 2.68. The van der Waals surface area contributed by atoms with E-state index in [1.54, 1.807) is 27.2 Å². The van der Waals surface area contributed by atoms with Crippen molar-refractivity contribution in [3.05, 3.63) is 36.5 Å². The molecule has 0 N–H and O–H groups in total. The van der Waals surface area contributed by atoms with Crippen LogP contribution in [0.3, 0.4) is 0 Å². The van der Waals surface area contributed by atoms with Crippen molar-refractivity contribution < 1.29 is 14.3 Å². The van der Waals surface area contributed by atoms with Crippen molar-refractivity contribution in [1.29, 1.82) is 0 Å². The van der Waals surface area contributed by atoms with E-state index in [4.69, 9.17) is 9.47 Å². The van der Waals surface area contributed by atoms with Crippen LogP contribution < -0.4 is 4.74 Å². The van der Waals surface area contributed by atoms with Gasteiger partial charge < -0.3 is 14.0 Å². The molecule has 0 unspecified atom stereocenters. The van der Waals surface area contributed by atoms with Gasteiger partial charge in [0.25, 0.3) is 0 Å². The van der Waals surface area contributed by atoms with E-state index >= 15 is 0 Å². The van der Waals surface area contributed by atoms with Gasteiger partial charge >= 0.3 is 5.97 Å². The van der Waals surface area contributed by atoms with Gasteiger partial charge in [0.15, 0.2) is 0 Å². The number of aryl methyl sites for hydroxylation is 1. The number of fused-ring (bicyclic) bond motifs is 1. The van der Waals surface area contributed by atoms with E-state index in [1.807, 2.05) is 23.9 Å². The maximum Gasteiger partial charge on any atom is 0.342 e. The quantitative estimate of drug-likeness (QED) is 0.686. The average Bonchev–Trinajstić information content (AvgIpc) is 2.96. The van der Waals surface area contributed by atoms with Gasteiger partial charge in [-0.05, 0) is 19.9 Å². The fourth-order valence-corrected chi connectivity index (χ4v) is 2.58. The maximum atomic E-state index is 12.4. The third-order valence-corrected chi connectivity index (χ3v) is 3.60. The molecule has 124 valence electrons. The highest BCUT2D eigenvalue weighted by atomic mass is 16.5. The number of ether oxygens (including phenoxy) is 2. The minimum absolute atomic E-state index is 0.226. The molecule has 3 aromatic rings. The molecule has 7 nitrogen and oxygen atoms in total. The molecule has 0 bridgehead atoms. The van der Waals surface area contributed by atoms with Gasteiger partial charge in [0.2, 0.25) is 5.88 Å². The van der Waals surface area contributed by atoms with Gasteiger partial charge in [0.05, 0.1) is 18.9 Å².